The number of thioether (sulfide) groups is 1. The van der Waals surface area contributed by atoms with Crippen LogP contribution in [0.2, 0.25) is 0 Å². The maximum absolute atomic E-state index is 7.75. The molecule has 7 heteroatoms. The molecule has 2 aromatic rings. The highest BCUT2D eigenvalue weighted by atomic mass is 32.2. The molecule has 0 aliphatic carbocycles. The molecular weight excluding hydrogens is 280 g/mol. The summed E-state index contributed by atoms with van der Waals surface area (Å²) in [5.41, 5.74) is 6.43. The molecule has 2 rings (SSSR count). The number of nitrogens with zero attached hydrogens (tertiary/aromatic N) is 2. The lowest BCUT2D eigenvalue weighted by Crippen LogP contribution is -2.13. The topological polar surface area (TPSA) is 88.8 Å². The SMILES string of the molecule is CCSc1cccc(Sc2nnc(C)o2)c1C(=N)N. The lowest BCUT2D eigenvalue weighted by molar-refractivity contribution is 0.429. The van der Waals surface area contributed by atoms with Crippen LogP contribution in [-0.2, 0) is 0 Å². The van der Waals surface area contributed by atoms with Crippen LogP contribution < -0.4 is 5.73 Å². The summed E-state index contributed by atoms with van der Waals surface area (Å²) >= 11 is 2.99. The fraction of sp³-hybridized carbons (Fsp3) is 0.250. The number of hydrogen-bond acceptors (Lipinski definition) is 6. The number of nitrogens with one attached hydrogen (secondary N) is 1. The van der Waals surface area contributed by atoms with Crippen LogP contribution >= 0.6 is 23.5 Å². The monoisotopic (exact) mass is 294 g/mol. The minimum absolute atomic E-state index is 0.0512. The van der Waals surface area contributed by atoms with E-state index in [2.05, 4.69) is 17.1 Å². The third-order valence-electron chi connectivity index (χ3n) is 2.26. The summed E-state index contributed by atoms with van der Waals surface area (Å²) < 4.78 is 5.34. The quantitative estimate of drug-likeness (QED) is 0.501. The molecule has 0 amide bonds. The standard InChI is InChI=1S/C12H14N4OS2/c1-3-18-8-5-4-6-9(10(8)11(13)14)19-12-16-15-7(2)17-12/h4-6H,3H2,1-2H3,(H3,13,14). The molecule has 19 heavy (non-hydrogen) atoms. The van der Waals surface area contributed by atoms with E-state index < -0.39 is 0 Å². The molecule has 0 aliphatic heterocycles. The zero-order valence-electron chi connectivity index (χ0n) is 10.6. The first-order valence-electron chi connectivity index (χ1n) is 5.70. The number of benzene rings is 1. The maximum atomic E-state index is 7.75. The molecule has 0 saturated heterocycles. The van der Waals surface area contributed by atoms with Crippen LogP contribution in [0.1, 0.15) is 18.4 Å². The fourth-order valence-electron chi connectivity index (χ4n) is 1.55. The predicted octanol–water partition coefficient (Wildman–Crippen LogP) is 2.93. The summed E-state index contributed by atoms with van der Waals surface area (Å²) in [4.78, 5) is 1.85. The summed E-state index contributed by atoms with van der Waals surface area (Å²) in [6, 6.07) is 5.81. The highest BCUT2D eigenvalue weighted by Crippen LogP contribution is 2.34. The van der Waals surface area contributed by atoms with Crippen LogP contribution in [0.15, 0.2) is 37.6 Å². The lowest BCUT2D eigenvalue weighted by atomic mass is 10.2. The van der Waals surface area contributed by atoms with Crippen LogP contribution in [0, 0.1) is 12.3 Å². The molecule has 1 heterocycles. The molecule has 0 spiro atoms. The van der Waals surface area contributed by atoms with Crippen molar-refractivity contribution in [3.05, 3.63) is 29.7 Å². The Morgan fingerprint density at radius 1 is 1.37 bits per heavy atom. The van der Waals surface area contributed by atoms with Crippen molar-refractivity contribution in [2.45, 2.75) is 28.9 Å². The third-order valence-corrected chi connectivity index (χ3v) is 4.10. The molecule has 1 aromatic carbocycles. The number of hydrogen-bond donors (Lipinski definition) is 2. The Labute approximate surface area is 119 Å². The van der Waals surface area contributed by atoms with Gasteiger partial charge < -0.3 is 10.2 Å². The predicted molar refractivity (Wildman–Crippen MR) is 77.0 cm³/mol. The molecule has 0 bridgehead atoms. The molecule has 100 valence electrons. The maximum Gasteiger partial charge on any atom is 0.281 e. The van der Waals surface area contributed by atoms with Gasteiger partial charge in [-0.2, -0.15) is 0 Å². The van der Waals surface area contributed by atoms with Crippen LogP contribution in [0.4, 0.5) is 0 Å². The second-order valence-electron chi connectivity index (χ2n) is 3.67. The molecule has 0 radical (unpaired) electrons. The molecule has 3 N–H and O–H groups in total. The summed E-state index contributed by atoms with van der Waals surface area (Å²) in [7, 11) is 0. The van der Waals surface area contributed by atoms with E-state index in [0.717, 1.165) is 21.1 Å². The van der Waals surface area contributed by atoms with Gasteiger partial charge in [-0.1, -0.05) is 13.0 Å². The number of nitrogens with two attached hydrogens (primary N) is 1. The first-order chi connectivity index (χ1) is 9.11. The van der Waals surface area contributed by atoms with Gasteiger partial charge in [-0.25, -0.2) is 0 Å². The number of amidine groups is 1. The van der Waals surface area contributed by atoms with E-state index in [1.165, 1.54) is 11.8 Å². The molecular formula is C12H14N4OS2. The second kappa shape index (κ2) is 6.12. The van der Waals surface area contributed by atoms with Gasteiger partial charge in [0.25, 0.3) is 5.22 Å². The van der Waals surface area contributed by atoms with E-state index in [1.807, 2.05) is 18.2 Å². The second-order valence-corrected chi connectivity index (χ2v) is 5.96. The van der Waals surface area contributed by atoms with Crippen molar-refractivity contribution in [1.29, 1.82) is 5.41 Å². The summed E-state index contributed by atoms with van der Waals surface area (Å²) in [5.74, 6) is 1.50. The van der Waals surface area contributed by atoms with E-state index in [1.54, 1.807) is 18.7 Å². The van der Waals surface area contributed by atoms with Gasteiger partial charge in [0.05, 0.1) is 0 Å². The normalized spacial score (nSPS) is 10.6. The van der Waals surface area contributed by atoms with Crippen LogP contribution in [0.5, 0.6) is 0 Å². The van der Waals surface area contributed by atoms with Crippen molar-refractivity contribution in [3.8, 4) is 0 Å². The number of aryl methyl sites for hydroxylation is 1. The van der Waals surface area contributed by atoms with Gasteiger partial charge in [-0.3, -0.25) is 5.41 Å². The van der Waals surface area contributed by atoms with E-state index in [4.69, 9.17) is 15.6 Å². The number of rotatable bonds is 5. The van der Waals surface area contributed by atoms with Gasteiger partial charge in [-0.15, -0.1) is 22.0 Å². The van der Waals surface area contributed by atoms with Crippen LogP contribution in [0.25, 0.3) is 0 Å². The zero-order chi connectivity index (χ0) is 13.8. The van der Waals surface area contributed by atoms with E-state index in [-0.39, 0.29) is 5.84 Å². The summed E-state index contributed by atoms with van der Waals surface area (Å²) in [5, 5.41) is 15.9. The Bertz CT molecular complexity index is 597. The van der Waals surface area contributed by atoms with Crippen molar-refractivity contribution in [2.75, 3.05) is 5.75 Å². The van der Waals surface area contributed by atoms with Gasteiger partial charge >= 0.3 is 0 Å². The summed E-state index contributed by atoms with van der Waals surface area (Å²) in [6.45, 7) is 3.81. The zero-order valence-corrected chi connectivity index (χ0v) is 12.3. The third kappa shape index (κ3) is 3.30. The Hall–Kier alpha value is -1.47. The smallest absolute Gasteiger partial charge is 0.281 e. The van der Waals surface area contributed by atoms with Gasteiger partial charge in [0.2, 0.25) is 5.89 Å². The van der Waals surface area contributed by atoms with Crippen molar-refractivity contribution >= 4 is 29.4 Å². The Morgan fingerprint density at radius 2 is 2.11 bits per heavy atom. The van der Waals surface area contributed by atoms with Gasteiger partial charge in [0, 0.05) is 22.3 Å². The largest absolute Gasteiger partial charge is 0.416 e. The first-order valence-corrected chi connectivity index (χ1v) is 7.50. The van der Waals surface area contributed by atoms with E-state index in [9.17, 15) is 0 Å². The van der Waals surface area contributed by atoms with E-state index in [0.29, 0.717) is 11.1 Å². The van der Waals surface area contributed by atoms with Crippen molar-refractivity contribution in [1.82, 2.24) is 10.2 Å². The van der Waals surface area contributed by atoms with Gasteiger partial charge in [-0.05, 0) is 29.6 Å². The van der Waals surface area contributed by atoms with E-state index >= 15 is 0 Å². The molecule has 0 atom stereocenters. The Morgan fingerprint density at radius 3 is 2.68 bits per heavy atom. The van der Waals surface area contributed by atoms with Crippen molar-refractivity contribution in [3.63, 3.8) is 0 Å². The Kier molecular flexibility index (Phi) is 4.49. The average Bonchev–Trinajstić information content (AvgIpc) is 2.75. The molecule has 0 aliphatic rings. The molecule has 0 unspecified atom stereocenters. The fourth-order valence-corrected chi connectivity index (χ4v) is 3.37. The lowest BCUT2D eigenvalue weighted by Gasteiger charge is -2.10. The minimum Gasteiger partial charge on any atom is -0.416 e. The number of nitrogen functional groups attached to an aromatic ring is 1. The minimum atomic E-state index is 0.0512. The van der Waals surface area contributed by atoms with Crippen molar-refractivity contribution < 1.29 is 4.42 Å². The Balaban J connectivity index is 2.38. The van der Waals surface area contributed by atoms with Gasteiger partial charge in [0.1, 0.15) is 5.84 Å². The first kappa shape index (κ1) is 14.0. The van der Waals surface area contributed by atoms with Crippen LogP contribution in [0.3, 0.4) is 0 Å². The molecule has 0 fully saturated rings. The highest BCUT2D eigenvalue weighted by Gasteiger charge is 2.15. The molecule has 0 saturated carbocycles. The van der Waals surface area contributed by atoms with Crippen LogP contribution in [-0.4, -0.2) is 21.8 Å². The average molecular weight is 294 g/mol. The van der Waals surface area contributed by atoms with Crippen molar-refractivity contribution in [2.24, 2.45) is 5.73 Å². The summed E-state index contributed by atoms with van der Waals surface area (Å²) in [6.07, 6.45) is 0. The molecule has 1 aromatic heterocycles. The van der Waals surface area contributed by atoms with Gasteiger partial charge in [0.15, 0.2) is 0 Å². The highest BCUT2D eigenvalue weighted by molar-refractivity contribution is 8.00. The number of aromatic nitrogens is 2. The molecule has 5 nitrogen and oxygen atoms in total.